The first-order valence-electron chi connectivity index (χ1n) is 8.10. The minimum atomic E-state index is -0.359. The van der Waals surface area contributed by atoms with Gasteiger partial charge in [-0.1, -0.05) is 42.0 Å². The van der Waals surface area contributed by atoms with Gasteiger partial charge in [-0.3, -0.25) is 0 Å². The number of nitrogens with zero attached hydrogens (tertiary/aromatic N) is 1. The summed E-state index contributed by atoms with van der Waals surface area (Å²) in [6.07, 6.45) is 3.63. The summed E-state index contributed by atoms with van der Waals surface area (Å²) in [6, 6.07) is 12.3. The highest BCUT2D eigenvalue weighted by Gasteiger charge is 2.15. The van der Waals surface area contributed by atoms with E-state index in [1.165, 1.54) is 25.3 Å². The Bertz CT molecular complexity index is 711. The Morgan fingerprint density at radius 1 is 1.12 bits per heavy atom. The maximum atomic E-state index is 13.8. The predicted molar refractivity (Wildman–Crippen MR) is 99.3 cm³/mol. The summed E-state index contributed by atoms with van der Waals surface area (Å²) in [7, 11) is 0. The van der Waals surface area contributed by atoms with Gasteiger partial charge in [0.2, 0.25) is 0 Å². The van der Waals surface area contributed by atoms with Crippen molar-refractivity contribution < 1.29 is 9.13 Å². The van der Waals surface area contributed by atoms with Gasteiger partial charge in [-0.15, -0.1) is 0 Å². The number of hydrogen-bond acceptors (Lipinski definition) is 2. The van der Waals surface area contributed by atoms with Crippen LogP contribution in [0.15, 0.2) is 42.5 Å². The second kappa shape index (κ2) is 7.95. The summed E-state index contributed by atoms with van der Waals surface area (Å²) in [5.41, 5.74) is 1.33. The van der Waals surface area contributed by atoms with E-state index in [2.05, 4.69) is 4.90 Å². The molecule has 0 bridgehead atoms. The number of hydrogen-bond donors (Lipinski definition) is 0. The van der Waals surface area contributed by atoms with Crippen LogP contribution in [0.2, 0.25) is 5.02 Å². The molecule has 0 unspecified atom stereocenters. The Kier molecular flexibility index (Phi) is 5.69. The first-order valence-corrected chi connectivity index (χ1v) is 8.89. The summed E-state index contributed by atoms with van der Waals surface area (Å²) in [4.78, 5) is 3.09. The molecule has 0 aliphatic carbocycles. The van der Waals surface area contributed by atoms with E-state index in [9.17, 15) is 4.39 Å². The molecule has 2 aromatic carbocycles. The lowest BCUT2D eigenvalue weighted by molar-refractivity contribution is 0.299. The number of piperidine rings is 1. The fraction of sp³-hybridized carbons (Fsp3) is 0.316. The highest BCUT2D eigenvalue weighted by atomic mass is 35.5. The van der Waals surface area contributed by atoms with Crippen LogP contribution in [0.25, 0.3) is 0 Å². The average Bonchev–Trinajstić information content (AvgIpc) is 2.62. The summed E-state index contributed by atoms with van der Waals surface area (Å²) in [6.45, 7) is 2.11. The van der Waals surface area contributed by atoms with Crippen molar-refractivity contribution in [2.75, 3.05) is 13.1 Å². The summed E-state index contributed by atoms with van der Waals surface area (Å²) < 4.78 is 19.5. The third kappa shape index (κ3) is 4.05. The van der Waals surface area contributed by atoms with Crippen LogP contribution in [0.3, 0.4) is 0 Å². The van der Waals surface area contributed by atoms with Gasteiger partial charge in [0.15, 0.2) is 0 Å². The molecule has 2 aromatic rings. The number of benzene rings is 2. The van der Waals surface area contributed by atoms with E-state index in [1.54, 1.807) is 12.1 Å². The zero-order valence-corrected chi connectivity index (χ0v) is 14.9. The first kappa shape index (κ1) is 17.2. The zero-order valence-electron chi connectivity index (χ0n) is 13.3. The van der Waals surface area contributed by atoms with Gasteiger partial charge in [-0.2, -0.15) is 0 Å². The maximum absolute atomic E-state index is 13.8. The van der Waals surface area contributed by atoms with Crippen molar-refractivity contribution in [2.24, 2.45) is 0 Å². The lowest BCUT2D eigenvalue weighted by Gasteiger charge is -2.29. The quantitative estimate of drug-likeness (QED) is 0.691. The van der Waals surface area contributed by atoms with Crippen molar-refractivity contribution in [1.82, 2.24) is 4.90 Å². The Morgan fingerprint density at radius 3 is 2.62 bits per heavy atom. The molecule has 1 fully saturated rings. The fourth-order valence-electron chi connectivity index (χ4n) is 2.82. The molecule has 0 amide bonds. The fourth-order valence-corrected chi connectivity index (χ4v) is 3.35. The van der Waals surface area contributed by atoms with E-state index in [1.807, 2.05) is 24.3 Å². The summed E-state index contributed by atoms with van der Waals surface area (Å²) in [5, 5.41) is 0.370. The molecule has 1 heterocycles. The molecule has 126 valence electrons. The van der Waals surface area contributed by atoms with Crippen LogP contribution in [0.1, 0.15) is 30.4 Å². The monoisotopic (exact) mass is 363 g/mol. The molecule has 0 spiro atoms. The SMILES string of the molecule is Fc1cccc(Cl)c1COc1cccc(C(=S)N2CCCCC2)c1. The smallest absolute Gasteiger partial charge is 0.131 e. The lowest BCUT2D eigenvalue weighted by Crippen LogP contribution is -2.34. The van der Waals surface area contributed by atoms with Crippen molar-refractivity contribution in [3.05, 3.63) is 64.4 Å². The molecule has 2 nitrogen and oxygen atoms in total. The third-order valence-electron chi connectivity index (χ3n) is 4.17. The molecule has 0 N–H and O–H groups in total. The molecule has 0 saturated carbocycles. The van der Waals surface area contributed by atoms with Crippen LogP contribution in [0.5, 0.6) is 5.75 Å². The van der Waals surface area contributed by atoms with Crippen molar-refractivity contribution in [2.45, 2.75) is 25.9 Å². The number of likely N-dealkylation sites (tertiary alicyclic amines) is 1. The lowest BCUT2D eigenvalue weighted by atomic mass is 10.1. The molecular formula is C19H19ClFNOS. The number of rotatable bonds is 4. The molecular weight excluding hydrogens is 345 g/mol. The molecule has 1 aliphatic heterocycles. The molecule has 0 radical (unpaired) electrons. The van der Waals surface area contributed by atoms with E-state index < -0.39 is 0 Å². The van der Waals surface area contributed by atoms with Gasteiger partial charge < -0.3 is 9.64 Å². The Labute approximate surface area is 152 Å². The van der Waals surface area contributed by atoms with Gasteiger partial charge in [0.1, 0.15) is 23.2 Å². The van der Waals surface area contributed by atoms with Crippen molar-refractivity contribution in [3.8, 4) is 5.75 Å². The highest BCUT2D eigenvalue weighted by molar-refractivity contribution is 7.80. The van der Waals surface area contributed by atoms with Gasteiger partial charge in [-0.25, -0.2) is 4.39 Å². The minimum Gasteiger partial charge on any atom is -0.489 e. The first-order chi connectivity index (χ1) is 11.6. The molecule has 3 rings (SSSR count). The predicted octanol–water partition coefficient (Wildman–Crippen LogP) is 5.22. The molecule has 0 aromatic heterocycles. The van der Waals surface area contributed by atoms with Crippen LogP contribution in [-0.4, -0.2) is 23.0 Å². The van der Waals surface area contributed by atoms with E-state index in [0.29, 0.717) is 16.3 Å². The van der Waals surface area contributed by atoms with Crippen LogP contribution in [-0.2, 0) is 6.61 Å². The van der Waals surface area contributed by atoms with Crippen molar-refractivity contribution in [1.29, 1.82) is 0 Å². The average molecular weight is 364 g/mol. The van der Waals surface area contributed by atoms with Gasteiger partial charge >= 0.3 is 0 Å². The molecule has 24 heavy (non-hydrogen) atoms. The Morgan fingerprint density at radius 2 is 1.88 bits per heavy atom. The summed E-state index contributed by atoms with van der Waals surface area (Å²) >= 11 is 11.6. The van der Waals surface area contributed by atoms with Crippen LogP contribution in [0, 0.1) is 5.82 Å². The van der Waals surface area contributed by atoms with Crippen molar-refractivity contribution >= 4 is 28.8 Å². The normalized spacial score (nSPS) is 14.5. The molecule has 1 saturated heterocycles. The third-order valence-corrected chi connectivity index (χ3v) is 5.02. The zero-order chi connectivity index (χ0) is 16.9. The van der Waals surface area contributed by atoms with Crippen molar-refractivity contribution in [3.63, 3.8) is 0 Å². The van der Waals surface area contributed by atoms with Gasteiger partial charge in [0.05, 0.1) is 5.02 Å². The Hall–Kier alpha value is -1.65. The van der Waals surface area contributed by atoms with E-state index in [0.717, 1.165) is 23.6 Å². The van der Waals surface area contributed by atoms with Crippen LogP contribution >= 0.6 is 23.8 Å². The van der Waals surface area contributed by atoms with Crippen LogP contribution < -0.4 is 4.74 Å². The van der Waals surface area contributed by atoms with Crippen LogP contribution in [0.4, 0.5) is 4.39 Å². The topological polar surface area (TPSA) is 12.5 Å². The largest absolute Gasteiger partial charge is 0.489 e. The minimum absolute atomic E-state index is 0.0887. The Balaban J connectivity index is 1.70. The standard InChI is InChI=1S/C19H19ClFNOS/c20-17-8-5-9-18(21)16(17)13-23-15-7-4-6-14(12-15)19(24)22-10-2-1-3-11-22/h4-9,12H,1-3,10-11,13H2. The number of halogens is 2. The van der Waals surface area contributed by atoms with Gasteiger partial charge in [0.25, 0.3) is 0 Å². The maximum Gasteiger partial charge on any atom is 0.131 e. The van der Waals surface area contributed by atoms with E-state index in [4.69, 9.17) is 28.6 Å². The van der Waals surface area contributed by atoms with E-state index in [-0.39, 0.29) is 12.4 Å². The van der Waals surface area contributed by atoms with Gasteiger partial charge in [0, 0.05) is 24.2 Å². The van der Waals surface area contributed by atoms with Gasteiger partial charge in [-0.05, 0) is 43.5 Å². The number of ether oxygens (including phenoxy) is 1. The van der Waals surface area contributed by atoms with E-state index >= 15 is 0 Å². The molecule has 5 heteroatoms. The second-order valence-electron chi connectivity index (χ2n) is 5.87. The molecule has 0 atom stereocenters. The number of thiocarbonyl (C=S) groups is 1. The summed E-state index contributed by atoms with van der Waals surface area (Å²) in [5.74, 6) is 0.300. The molecule has 1 aliphatic rings. The highest BCUT2D eigenvalue weighted by Crippen LogP contribution is 2.23. The second-order valence-corrected chi connectivity index (χ2v) is 6.66.